The van der Waals surface area contributed by atoms with Crippen LogP contribution in [0.1, 0.15) is 412 Å². The Morgan fingerprint density at radius 3 is 0.803 bits per heavy atom. The SMILES string of the molecule is CCCCCCCCCCCCCCCCCCCC(=O)OCCCCCCCCCCCCCCCCCCCCCCCCCCCCC(=O)NC(CO)C(O)CCCCCCCCCCCCCCCCCC. The zero-order chi connectivity index (χ0) is 55.0. The minimum absolute atomic E-state index is 0.0226. The number of esters is 1. The highest BCUT2D eigenvalue weighted by Crippen LogP contribution is 2.20. The summed E-state index contributed by atoms with van der Waals surface area (Å²) in [6.45, 7) is 5.00. The van der Waals surface area contributed by atoms with Gasteiger partial charge in [-0.1, -0.05) is 373 Å². The third kappa shape index (κ3) is 62.1. The Morgan fingerprint density at radius 1 is 0.316 bits per heavy atom. The predicted octanol–water partition coefficient (Wildman–Crippen LogP) is 22.6. The average Bonchev–Trinajstić information content (AvgIpc) is 3.42. The van der Waals surface area contributed by atoms with E-state index in [1.807, 2.05) is 0 Å². The normalized spacial score (nSPS) is 12.4. The molecule has 0 radical (unpaired) electrons. The molecule has 2 atom stereocenters. The number of aliphatic hydroxyl groups is 2. The maximum atomic E-state index is 12.5. The highest BCUT2D eigenvalue weighted by molar-refractivity contribution is 5.76. The van der Waals surface area contributed by atoms with Gasteiger partial charge >= 0.3 is 5.97 Å². The molecule has 0 rings (SSSR count). The van der Waals surface area contributed by atoms with Crippen molar-refractivity contribution in [2.24, 2.45) is 0 Å². The first kappa shape index (κ1) is 74.9. The molecular weight excluding hydrogens is 935 g/mol. The van der Waals surface area contributed by atoms with Crippen molar-refractivity contribution in [1.82, 2.24) is 5.32 Å². The van der Waals surface area contributed by atoms with Crippen molar-refractivity contribution in [2.45, 2.75) is 424 Å². The molecule has 0 bridgehead atoms. The zero-order valence-corrected chi connectivity index (χ0v) is 52.0. The summed E-state index contributed by atoms with van der Waals surface area (Å²) in [6.07, 6.45) is 80.1. The van der Waals surface area contributed by atoms with Crippen molar-refractivity contribution in [2.75, 3.05) is 13.2 Å². The number of hydrogen-bond acceptors (Lipinski definition) is 5. The second-order valence-corrected chi connectivity index (χ2v) is 24.6. The summed E-state index contributed by atoms with van der Waals surface area (Å²) in [5.41, 5.74) is 0. The molecule has 0 aliphatic heterocycles. The number of ether oxygens (including phenoxy) is 1. The topological polar surface area (TPSA) is 95.9 Å². The van der Waals surface area contributed by atoms with Crippen LogP contribution < -0.4 is 5.32 Å². The van der Waals surface area contributed by atoms with E-state index in [1.165, 1.54) is 340 Å². The number of carbonyl (C=O) groups excluding carboxylic acids is 2. The standard InChI is InChI=1S/C70H139NO5/c1-3-5-7-9-11-13-15-17-19-31-36-40-44-48-52-56-60-64-70(75)76-65-61-57-53-49-45-41-37-33-30-28-26-24-22-21-23-25-27-29-32-35-39-43-47-51-55-59-63-69(74)71-67(66-72)68(73)62-58-54-50-46-42-38-34-20-18-16-14-12-10-8-6-4-2/h67-68,72-73H,3-66H2,1-2H3,(H,71,74). The molecule has 0 aromatic carbocycles. The Hall–Kier alpha value is -1.14. The number of unbranched alkanes of at least 4 members (excludes halogenated alkanes) is 56. The number of nitrogens with one attached hydrogen (secondary N) is 1. The van der Waals surface area contributed by atoms with E-state index >= 15 is 0 Å². The summed E-state index contributed by atoms with van der Waals surface area (Å²) >= 11 is 0. The van der Waals surface area contributed by atoms with E-state index < -0.39 is 12.1 Å². The lowest BCUT2D eigenvalue weighted by Crippen LogP contribution is -2.45. The largest absolute Gasteiger partial charge is 0.466 e. The van der Waals surface area contributed by atoms with Crippen molar-refractivity contribution >= 4 is 11.9 Å². The molecule has 0 aliphatic rings. The van der Waals surface area contributed by atoms with Crippen molar-refractivity contribution < 1.29 is 24.5 Å². The third-order valence-electron chi connectivity index (χ3n) is 16.9. The van der Waals surface area contributed by atoms with Crippen molar-refractivity contribution in [3.63, 3.8) is 0 Å². The molecular formula is C70H139NO5. The zero-order valence-electron chi connectivity index (χ0n) is 52.0. The quantitative estimate of drug-likeness (QED) is 0.0417. The minimum Gasteiger partial charge on any atom is -0.466 e. The molecule has 0 aromatic rings. The summed E-state index contributed by atoms with van der Waals surface area (Å²) in [6, 6.07) is -0.539. The number of amides is 1. The van der Waals surface area contributed by atoms with Crippen LogP contribution in [0.25, 0.3) is 0 Å². The van der Waals surface area contributed by atoms with E-state index in [9.17, 15) is 19.8 Å². The number of carbonyl (C=O) groups is 2. The Kier molecular flexibility index (Phi) is 65.4. The van der Waals surface area contributed by atoms with Gasteiger partial charge in [0.1, 0.15) is 0 Å². The average molecular weight is 1070 g/mol. The molecule has 0 saturated carbocycles. The Bertz CT molecular complexity index is 1100. The lowest BCUT2D eigenvalue weighted by molar-refractivity contribution is -0.143. The summed E-state index contributed by atoms with van der Waals surface area (Å²) in [4.78, 5) is 24.6. The highest BCUT2D eigenvalue weighted by atomic mass is 16.5. The van der Waals surface area contributed by atoms with E-state index in [0.29, 0.717) is 25.9 Å². The van der Waals surface area contributed by atoms with Gasteiger partial charge in [0.2, 0.25) is 5.91 Å². The predicted molar refractivity (Wildman–Crippen MR) is 334 cm³/mol. The first-order valence-corrected chi connectivity index (χ1v) is 35.3. The Morgan fingerprint density at radius 2 is 0.539 bits per heavy atom. The van der Waals surface area contributed by atoms with E-state index in [2.05, 4.69) is 19.2 Å². The number of rotatable bonds is 67. The van der Waals surface area contributed by atoms with Crippen molar-refractivity contribution in [3.8, 4) is 0 Å². The fraction of sp³-hybridized carbons (Fsp3) is 0.971. The lowest BCUT2D eigenvalue weighted by atomic mass is 10.0. The van der Waals surface area contributed by atoms with Crippen LogP contribution in [0.15, 0.2) is 0 Å². The van der Waals surface area contributed by atoms with Gasteiger partial charge in [0.15, 0.2) is 0 Å². The van der Waals surface area contributed by atoms with Crippen molar-refractivity contribution in [1.29, 1.82) is 0 Å². The van der Waals surface area contributed by atoms with Gasteiger partial charge in [-0.25, -0.2) is 0 Å². The molecule has 0 fully saturated rings. The Balaban J connectivity index is 3.32. The fourth-order valence-corrected chi connectivity index (χ4v) is 11.5. The molecule has 0 spiro atoms. The summed E-state index contributed by atoms with van der Waals surface area (Å²) in [7, 11) is 0. The van der Waals surface area contributed by atoms with Gasteiger partial charge in [0.25, 0.3) is 0 Å². The van der Waals surface area contributed by atoms with Gasteiger partial charge in [-0.15, -0.1) is 0 Å². The van der Waals surface area contributed by atoms with Gasteiger partial charge in [0, 0.05) is 12.8 Å². The molecule has 2 unspecified atom stereocenters. The van der Waals surface area contributed by atoms with Gasteiger partial charge in [0.05, 0.1) is 25.4 Å². The molecule has 0 heterocycles. The van der Waals surface area contributed by atoms with Crippen LogP contribution in [0.2, 0.25) is 0 Å². The van der Waals surface area contributed by atoms with Gasteiger partial charge in [-0.2, -0.15) is 0 Å². The maximum Gasteiger partial charge on any atom is 0.305 e. The van der Waals surface area contributed by atoms with E-state index in [0.717, 1.165) is 38.5 Å². The lowest BCUT2D eigenvalue weighted by Gasteiger charge is -2.22. The third-order valence-corrected chi connectivity index (χ3v) is 16.9. The first-order chi connectivity index (χ1) is 37.5. The molecule has 3 N–H and O–H groups in total. The monoisotopic (exact) mass is 1070 g/mol. The van der Waals surface area contributed by atoms with E-state index in [1.54, 1.807) is 0 Å². The van der Waals surface area contributed by atoms with Crippen LogP contribution in [-0.4, -0.2) is 47.4 Å². The molecule has 0 aromatic heterocycles. The maximum absolute atomic E-state index is 12.5. The van der Waals surface area contributed by atoms with Crippen LogP contribution >= 0.6 is 0 Å². The number of aliphatic hydroxyl groups excluding tert-OH is 2. The summed E-state index contributed by atoms with van der Waals surface area (Å²) in [5, 5.41) is 23.4. The molecule has 76 heavy (non-hydrogen) atoms. The highest BCUT2D eigenvalue weighted by Gasteiger charge is 2.20. The van der Waals surface area contributed by atoms with E-state index in [-0.39, 0.29) is 18.5 Å². The van der Waals surface area contributed by atoms with Crippen LogP contribution in [0.3, 0.4) is 0 Å². The first-order valence-electron chi connectivity index (χ1n) is 35.3. The second-order valence-electron chi connectivity index (χ2n) is 24.6. The van der Waals surface area contributed by atoms with Crippen LogP contribution in [0, 0.1) is 0 Å². The van der Waals surface area contributed by atoms with Crippen molar-refractivity contribution in [3.05, 3.63) is 0 Å². The Labute approximate surface area is 476 Å². The van der Waals surface area contributed by atoms with Gasteiger partial charge < -0.3 is 20.3 Å². The van der Waals surface area contributed by atoms with Gasteiger partial charge in [-0.3, -0.25) is 9.59 Å². The van der Waals surface area contributed by atoms with E-state index in [4.69, 9.17) is 4.74 Å². The molecule has 454 valence electrons. The number of hydrogen-bond donors (Lipinski definition) is 3. The molecule has 6 nitrogen and oxygen atoms in total. The van der Waals surface area contributed by atoms with Crippen LogP contribution in [0.4, 0.5) is 0 Å². The smallest absolute Gasteiger partial charge is 0.305 e. The molecule has 0 aliphatic carbocycles. The fourth-order valence-electron chi connectivity index (χ4n) is 11.5. The summed E-state index contributed by atoms with van der Waals surface area (Å²) in [5.74, 6) is -0.00597. The van der Waals surface area contributed by atoms with Crippen LogP contribution in [0.5, 0.6) is 0 Å². The minimum atomic E-state index is -0.662. The van der Waals surface area contributed by atoms with Crippen LogP contribution in [-0.2, 0) is 14.3 Å². The second kappa shape index (κ2) is 66.4. The molecule has 6 heteroatoms. The molecule has 1 amide bonds. The van der Waals surface area contributed by atoms with Gasteiger partial charge in [-0.05, 0) is 25.7 Å². The summed E-state index contributed by atoms with van der Waals surface area (Å²) < 4.78 is 5.51. The molecule has 0 saturated heterocycles.